The number of aryl methyl sites for hydroxylation is 1. The van der Waals surface area contributed by atoms with Gasteiger partial charge in [-0.25, -0.2) is 9.13 Å². The third-order valence-electron chi connectivity index (χ3n) is 5.62. The van der Waals surface area contributed by atoms with E-state index in [1.807, 2.05) is 47.9 Å². The molecule has 2 aromatic carbocycles. The molecule has 0 aliphatic rings. The number of likely N-dealkylation sites (N-methyl/N-ethyl adjacent to an activating group) is 1. The number of fused-ring (bicyclic) bond motifs is 1. The Morgan fingerprint density at radius 3 is 2.52 bits per heavy atom. The van der Waals surface area contributed by atoms with Gasteiger partial charge >= 0.3 is 5.95 Å². The van der Waals surface area contributed by atoms with Crippen LogP contribution in [-0.2, 0) is 13.1 Å². The number of aromatic nitrogens is 2. The Balaban J connectivity index is 1.76. The Kier molecular flexibility index (Phi) is 7.12. The fraction of sp³-hybridized carbons (Fsp3) is 0.435. The molecule has 1 heterocycles. The number of benzene rings is 2. The fourth-order valence-electron chi connectivity index (χ4n) is 3.78. The normalized spacial score (nSPS) is 12.6. The molecule has 0 amide bonds. The number of nitrogen functional groups attached to an aromatic ring is 1. The topological polar surface area (TPSA) is 68.7 Å². The lowest BCUT2D eigenvalue weighted by atomic mass is 10.2. The molecule has 3 rings (SSSR count). The molecule has 1 aromatic heterocycles. The van der Waals surface area contributed by atoms with Crippen molar-refractivity contribution in [2.45, 2.75) is 40.0 Å². The van der Waals surface area contributed by atoms with Gasteiger partial charge in [0.25, 0.3) is 0 Å². The smallest absolute Gasteiger partial charge is 0.356 e. The van der Waals surface area contributed by atoms with Gasteiger partial charge < -0.3 is 14.7 Å². The van der Waals surface area contributed by atoms with Crippen molar-refractivity contribution in [3.05, 3.63) is 54.1 Å². The van der Waals surface area contributed by atoms with E-state index in [1.54, 1.807) is 4.90 Å². The molecule has 0 aliphatic heterocycles. The summed E-state index contributed by atoms with van der Waals surface area (Å²) < 4.78 is 9.98. The van der Waals surface area contributed by atoms with Gasteiger partial charge in [-0.2, -0.15) is 0 Å². The predicted molar refractivity (Wildman–Crippen MR) is 116 cm³/mol. The molecule has 0 aliphatic carbocycles. The minimum absolute atomic E-state index is 0.223. The Bertz CT molecular complexity index is 934. The highest BCUT2D eigenvalue weighted by atomic mass is 16.5. The van der Waals surface area contributed by atoms with Crippen molar-refractivity contribution in [1.82, 2.24) is 4.57 Å². The third-order valence-corrected chi connectivity index (χ3v) is 5.62. The van der Waals surface area contributed by atoms with Crippen molar-refractivity contribution in [3.8, 4) is 5.75 Å². The average Bonchev–Trinajstić information content (AvgIpc) is 2.99. The van der Waals surface area contributed by atoms with Crippen LogP contribution in [0.1, 0.15) is 19.4 Å². The van der Waals surface area contributed by atoms with E-state index in [2.05, 4.69) is 30.5 Å². The molecular weight excluding hydrogens is 364 g/mol. The van der Waals surface area contributed by atoms with Crippen molar-refractivity contribution < 1.29 is 19.3 Å². The minimum atomic E-state index is -0.658. The zero-order chi connectivity index (χ0) is 20.8. The number of aliphatic hydroxyl groups excluding tert-OH is 1. The number of rotatable bonds is 10. The van der Waals surface area contributed by atoms with Crippen LogP contribution in [0.25, 0.3) is 11.0 Å². The molecule has 0 unspecified atom stereocenters. The number of hydrogen-bond donors (Lipinski definition) is 3. The first kappa shape index (κ1) is 21.1. The third kappa shape index (κ3) is 4.89. The van der Waals surface area contributed by atoms with Gasteiger partial charge in [-0.1, -0.05) is 30.3 Å². The SMILES string of the molecule is CC[NH+](CC)CCn1c(N)[n+](C[C@@H](O)COc2ccccc2C)c2ccccc21. The summed E-state index contributed by atoms with van der Waals surface area (Å²) in [6.07, 6.45) is -0.658. The summed E-state index contributed by atoms with van der Waals surface area (Å²) in [7, 11) is 0. The van der Waals surface area contributed by atoms with Crippen LogP contribution in [0, 0.1) is 6.92 Å². The van der Waals surface area contributed by atoms with Gasteiger partial charge in [-0.05, 0) is 44.5 Å². The highest BCUT2D eigenvalue weighted by molar-refractivity contribution is 5.73. The molecule has 0 saturated heterocycles. The zero-order valence-electron chi connectivity index (χ0n) is 17.8. The van der Waals surface area contributed by atoms with Crippen molar-refractivity contribution in [1.29, 1.82) is 0 Å². The lowest BCUT2D eigenvalue weighted by Crippen LogP contribution is -3.11. The molecule has 6 heteroatoms. The van der Waals surface area contributed by atoms with Gasteiger partial charge in [0.15, 0.2) is 0 Å². The molecule has 0 radical (unpaired) electrons. The van der Waals surface area contributed by atoms with Crippen molar-refractivity contribution in [2.24, 2.45) is 0 Å². The van der Waals surface area contributed by atoms with Gasteiger partial charge in [0.1, 0.15) is 49.1 Å². The van der Waals surface area contributed by atoms with Crippen molar-refractivity contribution in [2.75, 3.05) is 32.0 Å². The Hall–Kier alpha value is -2.57. The molecule has 0 saturated carbocycles. The first-order valence-electron chi connectivity index (χ1n) is 10.5. The summed E-state index contributed by atoms with van der Waals surface area (Å²) in [5.41, 5.74) is 9.72. The minimum Gasteiger partial charge on any atom is -0.490 e. The number of aliphatic hydroxyl groups is 1. The van der Waals surface area contributed by atoms with Crippen LogP contribution in [0.4, 0.5) is 5.95 Å². The standard InChI is InChI=1S/C23H32N4O2/c1-4-25(5-2)14-15-26-20-11-7-8-12-21(20)27(23(26)24)16-19(28)17-29-22-13-9-6-10-18(22)3/h6-13,19,24,28H,4-5,14-17H2,1-3H3/p+2/t19-/m1/s1. The van der Waals surface area contributed by atoms with Crippen LogP contribution < -0.4 is 19.9 Å². The van der Waals surface area contributed by atoms with Crippen molar-refractivity contribution >= 4 is 17.0 Å². The fourth-order valence-corrected chi connectivity index (χ4v) is 3.78. The summed E-state index contributed by atoms with van der Waals surface area (Å²) in [4.78, 5) is 1.54. The Labute approximate surface area is 173 Å². The highest BCUT2D eigenvalue weighted by Gasteiger charge is 2.23. The molecule has 4 N–H and O–H groups in total. The van der Waals surface area contributed by atoms with Crippen LogP contribution in [0.3, 0.4) is 0 Å². The van der Waals surface area contributed by atoms with Gasteiger partial charge in [0.05, 0.1) is 13.1 Å². The second kappa shape index (κ2) is 9.76. The Morgan fingerprint density at radius 2 is 1.79 bits per heavy atom. The zero-order valence-corrected chi connectivity index (χ0v) is 17.8. The largest absolute Gasteiger partial charge is 0.490 e. The maximum Gasteiger partial charge on any atom is 0.356 e. The molecule has 6 nitrogen and oxygen atoms in total. The van der Waals surface area contributed by atoms with Crippen LogP contribution in [0.2, 0.25) is 0 Å². The summed E-state index contributed by atoms with van der Waals surface area (Å²) >= 11 is 0. The summed E-state index contributed by atoms with van der Waals surface area (Å²) in [5, 5.41) is 10.6. The maximum atomic E-state index is 10.6. The number of ether oxygens (including phenoxy) is 1. The Morgan fingerprint density at radius 1 is 1.10 bits per heavy atom. The van der Waals surface area contributed by atoms with Crippen molar-refractivity contribution in [3.63, 3.8) is 0 Å². The van der Waals surface area contributed by atoms with Gasteiger partial charge in [-0.3, -0.25) is 5.73 Å². The number of nitrogens with two attached hydrogens (primary N) is 1. The van der Waals surface area contributed by atoms with E-state index in [9.17, 15) is 5.11 Å². The average molecular weight is 399 g/mol. The number of nitrogens with one attached hydrogen (secondary N) is 1. The number of anilines is 1. The molecule has 3 aromatic rings. The van der Waals surface area contributed by atoms with E-state index >= 15 is 0 Å². The number of para-hydroxylation sites is 3. The lowest BCUT2D eigenvalue weighted by molar-refractivity contribution is -0.897. The first-order chi connectivity index (χ1) is 14.0. The summed E-state index contributed by atoms with van der Waals surface area (Å²) in [5.74, 6) is 1.47. The number of nitrogens with zero attached hydrogens (tertiary/aromatic N) is 2. The predicted octanol–water partition coefficient (Wildman–Crippen LogP) is 1.18. The van der Waals surface area contributed by atoms with E-state index < -0.39 is 6.10 Å². The second-order valence-electron chi connectivity index (χ2n) is 7.55. The molecule has 0 spiro atoms. The monoisotopic (exact) mass is 398 g/mol. The van der Waals surface area contributed by atoms with Gasteiger partial charge in [0.2, 0.25) is 0 Å². The molecular formula is C23H34N4O2+2. The van der Waals surface area contributed by atoms with E-state index in [0.717, 1.165) is 48.5 Å². The quantitative estimate of drug-likeness (QED) is 0.449. The van der Waals surface area contributed by atoms with Crippen LogP contribution in [-0.4, -0.2) is 42.0 Å². The molecule has 29 heavy (non-hydrogen) atoms. The molecule has 1 atom stereocenters. The highest BCUT2D eigenvalue weighted by Crippen LogP contribution is 2.18. The van der Waals surface area contributed by atoms with Gasteiger partial charge in [0, 0.05) is 0 Å². The summed E-state index contributed by atoms with van der Waals surface area (Å²) in [6.45, 7) is 11.1. The van der Waals surface area contributed by atoms with E-state index in [-0.39, 0.29) is 6.61 Å². The number of hydrogen-bond acceptors (Lipinski definition) is 3. The van der Waals surface area contributed by atoms with E-state index in [1.165, 1.54) is 0 Å². The van der Waals surface area contributed by atoms with Gasteiger partial charge in [-0.15, -0.1) is 0 Å². The number of quaternary nitrogens is 1. The van der Waals surface area contributed by atoms with Crippen LogP contribution in [0.5, 0.6) is 5.75 Å². The molecule has 0 bridgehead atoms. The first-order valence-corrected chi connectivity index (χ1v) is 10.5. The molecule has 0 fully saturated rings. The lowest BCUT2D eigenvalue weighted by Gasteiger charge is -2.15. The summed E-state index contributed by atoms with van der Waals surface area (Å²) in [6, 6.07) is 16.0. The molecule has 156 valence electrons. The van der Waals surface area contributed by atoms with Crippen LogP contribution >= 0.6 is 0 Å². The van der Waals surface area contributed by atoms with E-state index in [0.29, 0.717) is 12.5 Å². The maximum absolute atomic E-state index is 10.6. The number of imidazole rings is 1. The second-order valence-corrected chi connectivity index (χ2v) is 7.55. The van der Waals surface area contributed by atoms with E-state index in [4.69, 9.17) is 10.5 Å². The van der Waals surface area contributed by atoms with Crippen LogP contribution in [0.15, 0.2) is 48.5 Å².